The molecule has 9 nitrogen and oxygen atoms in total. The van der Waals surface area contributed by atoms with Crippen LogP contribution >= 0.6 is 0 Å². The monoisotopic (exact) mass is 358 g/mol. The number of anilines is 2. The Morgan fingerprint density at radius 3 is 2.42 bits per heavy atom. The molecular formula is C14H22N4O5S. The number of hydrogen-bond acceptors (Lipinski definition) is 8. The maximum absolute atomic E-state index is 11.8. The lowest BCUT2D eigenvalue weighted by atomic mass is 10.2. The van der Waals surface area contributed by atoms with Crippen molar-refractivity contribution in [2.24, 2.45) is 0 Å². The van der Waals surface area contributed by atoms with Gasteiger partial charge in [0.25, 0.3) is 0 Å². The molecule has 1 aliphatic heterocycles. The van der Waals surface area contributed by atoms with Gasteiger partial charge in [-0.15, -0.1) is 10.2 Å². The van der Waals surface area contributed by atoms with Crippen molar-refractivity contribution in [1.82, 2.24) is 10.2 Å². The molecule has 1 amide bonds. The second-order valence-corrected chi connectivity index (χ2v) is 8.69. The number of carbonyl (C=O) groups is 1. The maximum Gasteiger partial charge on any atom is 0.413 e. The molecule has 24 heavy (non-hydrogen) atoms. The summed E-state index contributed by atoms with van der Waals surface area (Å²) in [7, 11) is -1.52. The molecule has 0 spiro atoms. The van der Waals surface area contributed by atoms with Crippen molar-refractivity contribution in [3.05, 3.63) is 6.07 Å². The highest BCUT2D eigenvalue weighted by Crippen LogP contribution is 2.28. The normalized spacial score (nSPS) is 17.2. The van der Waals surface area contributed by atoms with Gasteiger partial charge in [0.05, 0.1) is 18.6 Å². The van der Waals surface area contributed by atoms with Gasteiger partial charge >= 0.3 is 6.09 Å². The quantitative estimate of drug-likeness (QED) is 0.854. The zero-order chi connectivity index (χ0) is 18.0. The van der Waals surface area contributed by atoms with Crippen molar-refractivity contribution < 1.29 is 22.7 Å². The average molecular weight is 358 g/mol. The molecule has 1 saturated heterocycles. The average Bonchev–Trinajstić information content (AvgIpc) is 2.45. The maximum atomic E-state index is 11.8. The van der Waals surface area contributed by atoms with Crippen LogP contribution in [0.4, 0.5) is 16.4 Å². The van der Waals surface area contributed by atoms with Crippen LogP contribution in [-0.4, -0.2) is 62.0 Å². The Morgan fingerprint density at radius 2 is 1.88 bits per heavy atom. The number of carbonyl (C=O) groups excluding carboxylic acids is 1. The van der Waals surface area contributed by atoms with Gasteiger partial charge in [-0.25, -0.2) is 13.2 Å². The Balaban J connectivity index is 2.12. The lowest BCUT2D eigenvalue weighted by Gasteiger charge is -2.28. The molecule has 0 atom stereocenters. The summed E-state index contributed by atoms with van der Waals surface area (Å²) in [6.07, 6.45) is -0.643. The first-order chi connectivity index (χ1) is 11.1. The van der Waals surface area contributed by atoms with E-state index in [2.05, 4.69) is 15.5 Å². The third-order valence-electron chi connectivity index (χ3n) is 3.23. The van der Waals surface area contributed by atoms with E-state index in [-0.39, 0.29) is 17.3 Å². The Kier molecular flexibility index (Phi) is 5.16. The Labute approximate surface area is 141 Å². The van der Waals surface area contributed by atoms with Crippen molar-refractivity contribution in [3.63, 3.8) is 0 Å². The molecule has 0 radical (unpaired) electrons. The largest absolute Gasteiger partial charge is 0.493 e. The minimum atomic E-state index is -2.99. The third kappa shape index (κ3) is 4.95. The second-order valence-electron chi connectivity index (χ2n) is 6.39. The predicted molar refractivity (Wildman–Crippen MR) is 89.3 cm³/mol. The molecule has 1 aromatic heterocycles. The SMILES string of the molecule is COc1cc(NC(=O)OC(C)(C)C)nnc1N1CCS(=O)(=O)CC1. The van der Waals surface area contributed by atoms with Crippen molar-refractivity contribution in [2.45, 2.75) is 26.4 Å². The summed E-state index contributed by atoms with van der Waals surface area (Å²) >= 11 is 0. The summed E-state index contributed by atoms with van der Waals surface area (Å²) in [4.78, 5) is 13.6. The third-order valence-corrected chi connectivity index (χ3v) is 4.84. The van der Waals surface area contributed by atoms with Gasteiger partial charge in [0, 0.05) is 19.2 Å². The Bertz CT molecular complexity index is 700. The zero-order valence-corrected chi connectivity index (χ0v) is 15.0. The Hall–Kier alpha value is -2.10. The van der Waals surface area contributed by atoms with Crippen LogP contribution in [0.15, 0.2) is 6.07 Å². The van der Waals surface area contributed by atoms with Gasteiger partial charge < -0.3 is 14.4 Å². The van der Waals surface area contributed by atoms with Crippen LogP contribution in [0.2, 0.25) is 0 Å². The van der Waals surface area contributed by atoms with Crippen LogP contribution in [0.1, 0.15) is 20.8 Å². The van der Waals surface area contributed by atoms with E-state index >= 15 is 0 Å². The van der Waals surface area contributed by atoms with Gasteiger partial charge in [0.2, 0.25) is 0 Å². The fourth-order valence-corrected chi connectivity index (χ4v) is 3.33. The molecule has 0 aromatic carbocycles. The minimum absolute atomic E-state index is 0.0652. The predicted octanol–water partition coefficient (Wildman–Crippen LogP) is 1.07. The molecule has 1 aliphatic rings. The number of amides is 1. The van der Waals surface area contributed by atoms with Gasteiger partial charge in [-0.2, -0.15) is 0 Å². The molecule has 0 unspecified atom stereocenters. The number of hydrogen-bond donors (Lipinski definition) is 1. The van der Waals surface area contributed by atoms with E-state index in [4.69, 9.17) is 9.47 Å². The Morgan fingerprint density at radius 1 is 1.25 bits per heavy atom. The van der Waals surface area contributed by atoms with Crippen molar-refractivity contribution in [3.8, 4) is 5.75 Å². The van der Waals surface area contributed by atoms with Crippen LogP contribution in [0, 0.1) is 0 Å². The van der Waals surface area contributed by atoms with E-state index in [1.807, 2.05) is 0 Å². The summed E-state index contributed by atoms with van der Waals surface area (Å²) in [5.41, 5.74) is -0.624. The van der Waals surface area contributed by atoms with Crippen LogP contribution in [0.3, 0.4) is 0 Å². The molecule has 10 heteroatoms. The van der Waals surface area contributed by atoms with Gasteiger partial charge in [-0.3, -0.25) is 5.32 Å². The number of nitrogens with zero attached hydrogens (tertiary/aromatic N) is 3. The molecule has 2 rings (SSSR count). The summed E-state index contributed by atoms with van der Waals surface area (Å²) in [6.45, 7) is 5.92. The number of ether oxygens (including phenoxy) is 2. The zero-order valence-electron chi connectivity index (χ0n) is 14.2. The van der Waals surface area contributed by atoms with Crippen LogP contribution in [-0.2, 0) is 14.6 Å². The van der Waals surface area contributed by atoms with Crippen LogP contribution in [0.25, 0.3) is 0 Å². The van der Waals surface area contributed by atoms with E-state index in [9.17, 15) is 13.2 Å². The summed E-state index contributed by atoms with van der Waals surface area (Å²) in [5, 5.41) is 10.5. The summed E-state index contributed by atoms with van der Waals surface area (Å²) in [5.74, 6) is 1.16. The smallest absolute Gasteiger partial charge is 0.413 e. The number of aromatic nitrogens is 2. The number of rotatable bonds is 3. The lowest BCUT2D eigenvalue weighted by molar-refractivity contribution is 0.0635. The first-order valence-corrected chi connectivity index (χ1v) is 9.29. The summed E-state index contributed by atoms with van der Waals surface area (Å²) < 4.78 is 33.5. The van der Waals surface area contributed by atoms with Crippen LogP contribution in [0.5, 0.6) is 5.75 Å². The van der Waals surface area contributed by atoms with E-state index in [0.29, 0.717) is 24.7 Å². The van der Waals surface area contributed by atoms with Gasteiger partial charge in [-0.1, -0.05) is 0 Å². The van der Waals surface area contributed by atoms with Crippen LogP contribution < -0.4 is 15.0 Å². The lowest BCUT2D eigenvalue weighted by Crippen LogP contribution is -2.41. The molecule has 134 valence electrons. The topological polar surface area (TPSA) is 111 Å². The fraction of sp³-hybridized carbons (Fsp3) is 0.643. The number of nitrogens with one attached hydrogen (secondary N) is 1. The minimum Gasteiger partial charge on any atom is -0.493 e. The fourth-order valence-electron chi connectivity index (χ4n) is 2.13. The van der Waals surface area contributed by atoms with Gasteiger partial charge in [0.1, 0.15) is 5.60 Å². The molecule has 0 aliphatic carbocycles. The highest BCUT2D eigenvalue weighted by Gasteiger charge is 2.25. The van der Waals surface area contributed by atoms with E-state index in [1.54, 1.807) is 25.7 Å². The highest BCUT2D eigenvalue weighted by molar-refractivity contribution is 7.91. The number of methoxy groups -OCH3 is 1. The van der Waals surface area contributed by atoms with E-state index < -0.39 is 21.5 Å². The summed E-state index contributed by atoms with van der Waals surface area (Å²) in [6, 6.07) is 1.52. The molecule has 1 aromatic rings. The van der Waals surface area contributed by atoms with Crippen molar-refractivity contribution in [2.75, 3.05) is 41.9 Å². The van der Waals surface area contributed by atoms with Gasteiger partial charge in [0.15, 0.2) is 27.2 Å². The first-order valence-electron chi connectivity index (χ1n) is 7.47. The standard InChI is InChI=1S/C14H22N4O5S/c1-14(2,3)23-13(19)15-11-9-10(22-4)12(17-16-11)18-5-7-24(20,21)8-6-18/h9H,5-8H2,1-4H3,(H,15,16,19). The second kappa shape index (κ2) is 6.80. The molecule has 1 fully saturated rings. The van der Waals surface area contributed by atoms with Crippen molar-refractivity contribution in [1.29, 1.82) is 0 Å². The van der Waals surface area contributed by atoms with E-state index in [0.717, 1.165) is 0 Å². The molecule has 1 N–H and O–H groups in total. The van der Waals surface area contributed by atoms with E-state index in [1.165, 1.54) is 13.2 Å². The first kappa shape index (κ1) is 18.2. The number of sulfone groups is 1. The molecule has 0 saturated carbocycles. The van der Waals surface area contributed by atoms with Gasteiger partial charge in [-0.05, 0) is 20.8 Å². The van der Waals surface area contributed by atoms with Crippen molar-refractivity contribution >= 4 is 27.6 Å². The highest BCUT2D eigenvalue weighted by atomic mass is 32.2. The molecule has 0 bridgehead atoms. The molecular weight excluding hydrogens is 336 g/mol. The molecule has 2 heterocycles.